The van der Waals surface area contributed by atoms with Crippen LogP contribution in [0.2, 0.25) is 0 Å². The second-order valence-corrected chi connectivity index (χ2v) is 8.88. The molecule has 0 radical (unpaired) electrons. The fourth-order valence-corrected chi connectivity index (χ4v) is 4.38. The molecule has 1 amide bonds. The lowest BCUT2D eigenvalue weighted by Crippen LogP contribution is -2.47. The van der Waals surface area contributed by atoms with Gasteiger partial charge in [0.15, 0.2) is 17.3 Å². The maximum absolute atomic E-state index is 14.7. The van der Waals surface area contributed by atoms with Crippen molar-refractivity contribution in [3.63, 3.8) is 0 Å². The number of rotatable bonds is 6. The molecule has 1 saturated heterocycles. The van der Waals surface area contributed by atoms with Gasteiger partial charge in [-0.2, -0.15) is 5.10 Å². The second kappa shape index (κ2) is 9.81. The number of fused-ring (bicyclic) bond motifs is 2. The van der Waals surface area contributed by atoms with Crippen molar-refractivity contribution >= 4 is 22.5 Å². The van der Waals surface area contributed by atoms with Crippen molar-refractivity contribution in [2.45, 2.75) is 44.9 Å². The first-order valence-electron chi connectivity index (χ1n) is 11.6. The summed E-state index contributed by atoms with van der Waals surface area (Å²) in [6.07, 6.45) is -3.02. The third-order valence-electron chi connectivity index (χ3n) is 6.37. The molecule has 0 aliphatic carbocycles. The zero-order valence-corrected chi connectivity index (χ0v) is 19.7. The normalized spacial score (nSPS) is 19.9. The van der Waals surface area contributed by atoms with Gasteiger partial charge in [0.25, 0.3) is 12.3 Å². The van der Waals surface area contributed by atoms with E-state index in [4.69, 9.17) is 14.2 Å². The molecule has 0 bridgehead atoms. The zero-order valence-electron chi connectivity index (χ0n) is 19.7. The van der Waals surface area contributed by atoms with Gasteiger partial charge in [0.05, 0.1) is 29.9 Å². The summed E-state index contributed by atoms with van der Waals surface area (Å²) in [4.78, 5) is 12.7. The number of hydrogen-bond donors (Lipinski definition) is 2. The van der Waals surface area contributed by atoms with Gasteiger partial charge in [-0.05, 0) is 32.4 Å². The number of ether oxygens (including phenoxy) is 3. The Morgan fingerprint density at radius 1 is 1.11 bits per heavy atom. The van der Waals surface area contributed by atoms with Crippen molar-refractivity contribution in [2.24, 2.45) is 0 Å². The van der Waals surface area contributed by atoms with E-state index in [-0.39, 0.29) is 24.1 Å². The van der Waals surface area contributed by atoms with Crippen LogP contribution < -0.4 is 20.1 Å². The summed E-state index contributed by atoms with van der Waals surface area (Å²) >= 11 is 0. The first kappa shape index (κ1) is 24.1. The molecular weight excluding hydrogens is 477 g/mol. The van der Waals surface area contributed by atoms with Crippen LogP contribution in [0, 0.1) is 12.7 Å². The molecule has 190 valence electrons. The first-order chi connectivity index (χ1) is 17.3. The Morgan fingerprint density at radius 3 is 2.64 bits per heavy atom. The lowest BCUT2D eigenvalue weighted by atomic mass is 10.0. The SMILES string of the molecule is Cc1nnc(N[C@H](C)c2cccc(C(F)F)c2F)c2cc3c(cc12)OCC(C(=O)NC1CCOC1)O3. The highest BCUT2D eigenvalue weighted by Gasteiger charge is 2.31. The predicted molar refractivity (Wildman–Crippen MR) is 125 cm³/mol. The highest BCUT2D eigenvalue weighted by Crippen LogP contribution is 2.39. The Kier molecular flexibility index (Phi) is 6.57. The van der Waals surface area contributed by atoms with Crippen molar-refractivity contribution < 1.29 is 32.2 Å². The molecule has 3 aromatic rings. The molecule has 36 heavy (non-hydrogen) atoms. The molecule has 2 N–H and O–H groups in total. The fraction of sp³-hybridized carbons (Fsp3) is 0.400. The molecule has 2 unspecified atom stereocenters. The number of carbonyl (C=O) groups excluding carboxylic acids is 1. The average Bonchev–Trinajstić information content (AvgIpc) is 3.37. The van der Waals surface area contributed by atoms with Gasteiger partial charge >= 0.3 is 0 Å². The smallest absolute Gasteiger partial charge is 0.266 e. The van der Waals surface area contributed by atoms with Crippen LogP contribution in [0.1, 0.15) is 42.6 Å². The summed E-state index contributed by atoms with van der Waals surface area (Å²) in [5.41, 5.74) is 0.0455. The van der Waals surface area contributed by atoms with Gasteiger partial charge < -0.3 is 24.8 Å². The Hall–Kier alpha value is -3.60. The van der Waals surface area contributed by atoms with E-state index in [0.717, 1.165) is 17.9 Å². The van der Waals surface area contributed by atoms with Crippen molar-refractivity contribution in [1.29, 1.82) is 0 Å². The number of aryl methyl sites for hydroxylation is 1. The van der Waals surface area contributed by atoms with Gasteiger partial charge in [-0.25, -0.2) is 13.2 Å². The minimum atomic E-state index is -2.92. The fourth-order valence-electron chi connectivity index (χ4n) is 4.38. The molecule has 3 atom stereocenters. The summed E-state index contributed by atoms with van der Waals surface area (Å²) in [5.74, 6) is -0.132. The van der Waals surface area contributed by atoms with Crippen LogP contribution in [0.4, 0.5) is 19.0 Å². The first-order valence-corrected chi connectivity index (χ1v) is 11.6. The Balaban J connectivity index is 1.42. The quantitative estimate of drug-likeness (QED) is 0.521. The van der Waals surface area contributed by atoms with Crippen molar-refractivity contribution in [2.75, 3.05) is 25.1 Å². The van der Waals surface area contributed by atoms with E-state index in [2.05, 4.69) is 20.8 Å². The Bertz CT molecular complexity index is 1300. The summed E-state index contributed by atoms with van der Waals surface area (Å²) in [7, 11) is 0. The number of nitrogens with zero attached hydrogens (tertiary/aromatic N) is 2. The van der Waals surface area contributed by atoms with Crippen molar-refractivity contribution in [3.05, 3.63) is 53.0 Å². The third kappa shape index (κ3) is 4.62. The number of anilines is 1. The Labute approximate surface area is 205 Å². The highest BCUT2D eigenvalue weighted by atomic mass is 19.3. The lowest BCUT2D eigenvalue weighted by Gasteiger charge is -2.27. The van der Waals surface area contributed by atoms with E-state index in [1.165, 1.54) is 12.1 Å². The topological polar surface area (TPSA) is 94.6 Å². The zero-order chi connectivity index (χ0) is 25.4. The number of amides is 1. The highest BCUT2D eigenvalue weighted by molar-refractivity contribution is 5.96. The molecule has 1 aromatic heterocycles. The molecule has 2 aliphatic heterocycles. The van der Waals surface area contributed by atoms with Gasteiger partial charge in [0, 0.05) is 22.9 Å². The molecule has 2 aromatic carbocycles. The van der Waals surface area contributed by atoms with E-state index in [1.54, 1.807) is 26.0 Å². The summed E-state index contributed by atoms with van der Waals surface area (Å²) < 4.78 is 58.1. The van der Waals surface area contributed by atoms with Crippen LogP contribution in [0.3, 0.4) is 0 Å². The van der Waals surface area contributed by atoms with E-state index in [1.807, 2.05) is 0 Å². The number of carbonyl (C=O) groups is 1. The molecule has 0 spiro atoms. The van der Waals surface area contributed by atoms with Crippen LogP contribution in [0.15, 0.2) is 30.3 Å². The number of hydrogen-bond acceptors (Lipinski definition) is 7. The summed E-state index contributed by atoms with van der Waals surface area (Å²) in [6, 6.07) is 6.59. The largest absolute Gasteiger partial charge is 0.485 e. The van der Waals surface area contributed by atoms with Crippen LogP contribution >= 0.6 is 0 Å². The molecule has 1 fully saturated rings. The van der Waals surface area contributed by atoms with Crippen LogP contribution in [-0.2, 0) is 9.53 Å². The number of aromatic nitrogens is 2. The van der Waals surface area contributed by atoms with Crippen molar-refractivity contribution in [1.82, 2.24) is 15.5 Å². The van der Waals surface area contributed by atoms with Crippen molar-refractivity contribution in [3.8, 4) is 11.5 Å². The monoisotopic (exact) mass is 502 g/mol. The summed E-state index contributed by atoms with van der Waals surface area (Å²) in [6.45, 7) is 4.55. The minimum absolute atomic E-state index is 0.0529. The number of halogens is 3. The molecule has 5 rings (SSSR count). The average molecular weight is 502 g/mol. The van der Waals surface area contributed by atoms with Gasteiger partial charge in [0.2, 0.25) is 6.10 Å². The molecular formula is C25H25F3N4O4. The van der Waals surface area contributed by atoms with Gasteiger partial charge in [0.1, 0.15) is 12.4 Å². The van der Waals surface area contributed by atoms with E-state index in [9.17, 15) is 18.0 Å². The molecule has 8 nitrogen and oxygen atoms in total. The van der Waals surface area contributed by atoms with E-state index < -0.39 is 30.0 Å². The van der Waals surface area contributed by atoms with E-state index >= 15 is 0 Å². The van der Waals surface area contributed by atoms with E-state index in [0.29, 0.717) is 41.6 Å². The maximum atomic E-state index is 14.7. The predicted octanol–water partition coefficient (Wildman–Crippen LogP) is 4.23. The number of benzene rings is 2. The third-order valence-corrected chi connectivity index (χ3v) is 6.37. The molecule has 3 heterocycles. The van der Waals surface area contributed by atoms with Gasteiger partial charge in [-0.15, -0.1) is 5.10 Å². The standard InChI is InChI=1S/C25H25F3N4O4/c1-12(15-4-3-5-16(22(15)26)23(27)28)29-24-18-9-20-19(8-17(18)13(2)31-32-24)35-11-21(36-20)25(33)30-14-6-7-34-10-14/h3-5,8-9,12,14,21,23H,6-7,10-11H2,1-2H3,(H,29,32)(H,30,33)/t12-,14?,21?/m1/s1. The second-order valence-electron chi connectivity index (χ2n) is 8.88. The van der Waals surface area contributed by atoms with Gasteiger partial charge in [-0.1, -0.05) is 18.2 Å². The van der Waals surface area contributed by atoms with Crippen LogP contribution in [0.25, 0.3) is 10.8 Å². The lowest BCUT2D eigenvalue weighted by molar-refractivity contribution is -0.131. The molecule has 2 aliphatic rings. The van der Waals surface area contributed by atoms with Crippen LogP contribution in [0.5, 0.6) is 11.5 Å². The molecule has 0 saturated carbocycles. The van der Waals surface area contributed by atoms with Gasteiger partial charge in [-0.3, -0.25) is 4.79 Å². The number of nitrogens with one attached hydrogen (secondary N) is 2. The maximum Gasteiger partial charge on any atom is 0.266 e. The summed E-state index contributed by atoms with van der Waals surface area (Å²) in [5, 5.41) is 15.7. The molecule has 11 heteroatoms. The van der Waals surface area contributed by atoms with Crippen LogP contribution in [-0.4, -0.2) is 48.1 Å². The minimum Gasteiger partial charge on any atom is -0.485 e. The Morgan fingerprint density at radius 2 is 1.89 bits per heavy atom. The number of alkyl halides is 2.